The van der Waals surface area contributed by atoms with Crippen LogP contribution in [0.5, 0.6) is 0 Å². The average molecular weight is 796 g/mol. The van der Waals surface area contributed by atoms with Crippen LogP contribution < -0.4 is 4.90 Å². The maximum Gasteiger partial charge on any atom is 0.0543 e. The Kier molecular flexibility index (Phi) is 14.1. The van der Waals surface area contributed by atoms with Gasteiger partial charge in [-0.3, -0.25) is 0 Å². The fourth-order valence-electron chi connectivity index (χ4n) is 8.86. The van der Waals surface area contributed by atoms with E-state index < -0.39 is 0 Å². The molecule has 0 unspecified atom stereocenters. The molecule has 1 nitrogen and oxygen atoms in total. The highest BCUT2D eigenvalue weighted by molar-refractivity contribution is 5.96. The molecular formula is C60H61N. The zero-order valence-corrected chi connectivity index (χ0v) is 37.3. The van der Waals surface area contributed by atoms with E-state index in [1.165, 1.54) is 89.1 Å². The van der Waals surface area contributed by atoms with E-state index in [1.54, 1.807) is 0 Å². The van der Waals surface area contributed by atoms with Gasteiger partial charge in [0.15, 0.2) is 0 Å². The number of hydrogen-bond donors (Lipinski definition) is 0. The maximum atomic E-state index is 2.54. The molecule has 8 aromatic carbocycles. The van der Waals surface area contributed by atoms with Gasteiger partial charge in [-0.1, -0.05) is 186 Å². The predicted octanol–water partition coefficient (Wildman–Crippen LogP) is 17.7. The van der Waals surface area contributed by atoms with Gasteiger partial charge in [0, 0.05) is 16.9 Å². The molecule has 8 rings (SSSR count). The number of hydrogen-bond acceptors (Lipinski definition) is 1. The highest BCUT2D eigenvalue weighted by Gasteiger charge is 2.24. The SMILES string of the molecule is CC.CCCCc1ccccc1-c1c(N(c2cc(-c3ccccc3)cc(-c3ccccc3)c2)c2ccc(-c3ccccc3CCC)c(C)c2)ccc(-c2ccccc2C)c1C. The Morgan fingerprint density at radius 2 is 0.902 bits per heavy atom. The van der Waals surface area contributed by atoms with Crippen molar-refractivity contribution in [1.82, 2.24) is 0 Å². The lowest BCUT2D eigenvalue weighted by molar-refractivity contribution is 0.796. The Labute approximate surface area is 366 Å². The number of unbranched alkanes of at least 4 members (excludes halogenated alkanes) is 1. The third-order valence-electron chi connectivity index (χ3n) is 11.9. The van der Waals surface area contributed by atoms with Gasteiger partial charge in [0.25, 0.3) is 0 Å². The lowest BCUT2D eigenvalue weighted by Crippen LogP contribution is -2.13. The molecule has 0 N–H and O–H groups in total. The minimum Gasteiger partial charge on any atom is -0.310 e. The van der Waals surface area contributed by atoms with Crippen LogP contribution in [0.3, 0.4) is 0 Å². The van der Waals surface area contributed by atoms with Crippen molar-refractivity contribution in [2.24, 2.45) is 0 Å². The van der Waals surface area contributed by atoms with Crippen molar-refractivity contribution in [2.75, 3.05) is 4.90 Å². The van der Waals surface area contributed by atoms with Crippen LogP contribution >= 0.6 is 0 Å². The van der Waals surface area contributed by atoms with Crippen molar-refractivity contribution in [3.63, 3.8) is 0 Å². The van der Waals surface area contributed by atoms with Gasteiger partial charge in [0.2, 0.25) is 0 Å². The van der Waals surface area contributed by atoms with Crippen molar-refractivity contribution >= 4 is 17.1 Å². The van der Waals surface area contributed by atoms with Crippen molar-refractivity contribution in [2.45, 2.75) is 80.6 Å². The molecule has 1 heteroatoms. The van der Waals surface area contributed by atoms with E-state index in [2.05, 4.69) is 222 Å². The van der Waals surface area contributed by atoms with Crippen LogP contribution in [0.4, 0.5) is 17.1 Å². The quantitative estimate of drug-likeness (QED) is 0.112. The summed E-state index contributed by atoms with van der Waals surface area (Å²) in [5.41, 5.74) is 22.6. The molecule has 0 aliphatic rings. The van der Waals surface area contributed by atoms with Crippen LogP contribution in [0.15, 0.2) is 182 Å². The summed E-state index contributed by atoms with van der Waals surface area (Å²) in [6.07, 6.45) is 5.51. The van der Waals surface area contributed by atoms with Crippen molar-refractivity contribution in [3.8, 4) is 55.6 Å². The molecule has 0 spiro atoms. The average Bonchev–Trinajstić information content (AvgIpc) is 3.31. The van der Waals surface area contributed by atoms with Crippen LogP contribution in [0.25, 0.3) is 55.6 Å². The lowest BCUT2D eigenvalue weighted by Gasteiger charge is -2.31. The second kappa shape index (κ2) is 20.2. The minimum absolute atomic E-state index is 1.03. The maximum absolute atomic E-state index is 2.54. The van der Waals surface area contributed by atoms with Crippen LogP contribution in [-0.4, -0.2) is 0 Å². The van der Waals surface area contributed by atoms with Crippen molar-refractivity contribution in [3.05, 3.63) is 210 Å². The Morgan fingerprint density at radius 1 is 0.377 bits per heavy atom. The monoisotopic (exact) mass is 795 g/mol. The first-order chi connectivity index (χ1) is 29.9. The predicted molar refractivity (Wildman–Crippen MR) is 266 cm³/mol. The molecule has 0 bridgehead atoms. The highest BCUT2D eigenvalue weighted by Crippen LogP contribution is 2.48. The number of nitrogens with zero attached hydrogens (tertiary/aromatic N) is 1. The fraction of sp³-hybridized carbons (Fsp3) is 0.200. The van der Waals surface area contributed by atoms with E-state index >= 15 is 0 Å². The number of rotatable bonds is 13. The Hall–Kier alpha value is -6.44. The number of benzene rings is 8. The van der Waals surface area contributed by atoms with Crippen LogP contribution in [0.1, 0.15) is 74.8 Å². The number of aryl methyl sites for hydroxylation is 4. The van der Waals surface area contributed by atoms with Gasteiger partial charge in [-0.25, -0.2) is 0 Å². The highest BCUT2D eigenvalue weighted by atomic mass is 15.1. The van der Waals surface area contributed by atoms with Gasteiger partial charge in [-0.15, -0.1) is 0 Å². The van der Waals surface area contributed by atoms with E-state index in [4.69, 9.17) is 0 Å². The van der Waals surface area contributed by atoms with Gasteiger partial charge in [0.1, 0.15) is 0 Å². The molecule has 61 heavy (non-hydrogen) atoms. The first-order valence-electron chi connectivity index (χ1n) is 22.5. The summed E-state index contributed by atoms with van der Waals surface area (Å²) >= 11 is 0. The van der Waals surface area contributed by atoms with Crippen LogP contribution in [0.2, 0.25) is 0 Å². The normalized spacial score (nSPS) is 10.9. The second-order valence-corrected chi connectivity index (χ2v) is 16.0. The molecule has 0 aromatic heterocycles. The zero-order valence-electron chi connectivity index (χ0n) is 37.3. The first-order valence-corrected chi connectivity index (χ1v) is 22.5. The Bertz CT molecular complexity index is 2630. The molecule has 0 radical (unpaired) electrons. The van der Waals surface area contributed by atoms with Gasteiger partial charge in [0.05, 0.1) is 5.69 Å². The van der Waals surface area contributed by atoms with Crippen molar-refractivity contribution < 1.29 is 0 Å². The minimum atomic E-state index is 1.03. The molecule has 0 saturated carbocycles. The van der Waals surface area contributed by atoms with Gasteiger partial charge >= 0.3 is 0 Å². The largest absolute Gasteiger partial charge is 0.310 e. The lowest BCUT2D eigenvalue weighted by atomic mass is 9.86. The molecule has 0 saturated heterocycles. The number of anilines is 3. The van der Waals surface area contributed by atoms with E-state index in [-0.39, 0.29) is 0 Å². The topological polar surface area (TPSA) is 3.24 Å². The summed E-state index contributed by atoms with van der Waals surface area (Å²) in [5, 5.41) is 0. The van der Waals surface area contributed by atoms with Gasteiger partial charge in [-0.05, 0) is 154 Å². The molecule has 0 atom stereocenters. The molecule has 0 amide bonds. The molecule has 8 aromatic rings. The van der Waals surface area contributed by atoms with E-state index in [9.17, 15) is 0 Å². The zero-order chi connectivity index (χ0) is 42.7. The van der Waals surface area contributed by atoms with E-state index in [0.717, 1.165) is 43.5 Å². The third kappa shape index (κ3) is 9.33. The smallest absolute Gasteiger partial charge is 0.0543 e. The summed E-state index contributed by atoms with van der Waals surface area (Å²) in [6, 6.07) is 67.5. The summed E-state index contributed by atoms with van der Waals surface area (Å²) in [5.74, 6) is 0. The van der Waals surface area contributed by atoms with Crippen LogP contribution in [0, 0.1) is 20.8 Å². The summed E-state index contributed by atoms with van der Waals surface area (Å²) in [6.45, 7) is 15.4. The second-order valence-electron chi connectivity index (χ2n) is 16.0. The Balaban J connectivity index is 0.00000277. The summed E-state index contributed by atoms with van der Waals surface area (Å²) < 4.78 is 0. The van der Waals surface area contributed by atoms with Gasteiger partial charge in [-0.2, -0.15) is 0 Å². The molecule has 0 heterocycles. The first kappa shape index (κ1) is 42.7. The van der Waals surface area contributed by atoms with E-state index in [0.29, 0.717) is 0 Å². The molecule has 0 fully saturated rings. The van der Waals surface area contributed by atoms with E-state index in [1.807, 2.05) is 13.8 Å². The molecular weight excluding hydrogens is 735 g/mol. The third-order valence-corrected chi connectivity index (χ3v) is 11.9. The summed E-state index contributed by atoms with van der Waals surface area (Å²) in [7, 11) is 0. The van der Waals surface area contributed by atoms with Crippen LogP contribution in [-0.2, 0) is 12.8 Å². The molecule has 0 aliphatic heterocycles. The fourth-order valence-corrected chi connectivity index (χ4v) is 8.86. The summed E-state index contributed by atoms with van der Waals surface area (Å²) in [4.78, 5) is 2.54. The van der Waals surface area contributed by atoms with Crippen molar-refractivity contribution in [1.29, 1.82) is 0 Å². The Morgan fingerprint density at radius 3 is 1.49 bits per heavy atom. The molecule has 0 aliphatic carbocycles. The standard InChI is InChI=1S/C58H55N.C2H6/c1-6-8-23-47-29-17-20-32-56(47)58-43(5)54(52-30-18-15-22-41(52)3)35-36-57(58)59(50-33-34-53(42(4)37-50)55-31-19-16-28-46(55)21-7-2)51-39-48(44-24-11-9-12-25-44)38-49(40-51)45-26-13-10-14-27-45;1-2/h9-20,22,24-40H,6-8,21,23H2,1-5H3;1-2H3. The van der Waals surface area contributed by atoms with Gasteiger partial charge < -0.3 is 4.90 Å². The molecule has 306 valence electrons.